The summed E-state index contributed by atoms with van der Waals surface area (Å²) in [6, 6.07) is 0. The lowest BCUT2D eigenvalue weighted by atomic mass is 9.45. The highest BCUT2D eigenvalue weighted by Crippen LogP contribution is 2.68. The van der Waals surface area contributed by atoms with Crippen LogP contribution in [0.25, 0.3) is 0 Å². The van der Waals surface area contributed by atoms with Crippen LogP contribution in [0.5, 0.6) is 0 Å². The van der Waals surface area contributed by atoms with Gasteiger partial charge in [-0.15, -0.1) is 0 Å². The van der Waals surface area contributed by atoms with Gasteiger partial charge in [-0.2, -0.15) is 0 Å². The van der Waals surface area contributed by atoms with E-state index in [1.54, 1.807) is 6.08 Å². The number of rotatable bonds is 1. The summed E-state index contributed by atoms with van der Waals surface area (Å²) in [6.45, 7) is 5.05. The van der Waals surface area contributed by atoms with Crippen LogP contribution in [0.1, 0.15) is 65.2 Å². The molecule has 0 radical (unpaired) electrons. The van der Waals surface area contributed by atoms with E-state index in [2.05, 4.69) is 19.9 Å². The SMILES string of the molecule is CC12CCC(O)CC1=CCC1C2CCC2(C)C(C3=CC(=O)OC3)CCC12O. The number of aliphatic hydroxyl groups is 2. The molecular formula is C23H32O4. The predicted octanol–water partition coefficient (Wildman–Crippen LogP) is 3.52. The number of carbonyl (C=O) groups is 1. The van der Waals surface area contributed by atoms with Crippen molar-refractivity contribution in [1.82, 2.24) is 0 Å². The van der Waals surface area contributed by atoms with Gasteiger partial charge in [0.05, 0.1) is 11.7 Å². The summed E-state index contributed by atoms with van der Waals surface area (Å²) in [4.78, 5) is 11.6. The zero-order chi connectivity index (χ0) is 19.0. The lowest BCUT2D eigenvalue weighted by molar-refractivity contribution is -0.176. The van der Waals surface area contributed by atoms with Crippen LogP contribution < -0.4 is 0 Å². The maximum absolute atomic E-state index is 12.1. The Bertz CT molecular complexity index is 739. The molecule has 2 N–H and O–H groups in total. The number of hydrogen-bond acceptors (Lipinski definition) is 4. The van der Waals surface area contributed by atoms with Crippen LogP contribution >= 0.6 is 0 Å². The van der Waals surface area contributed by atoms with E-state index in [0.717, 1.165) is 56.9 Å². The molecule has 3 saturated carbocycles. The Morgan fingerprint density at radius 1 is 1.11 bits per heavy atom. The molecule has 1 heterocycles. The van der Waals surface area contributed by atoms with Crippen LogP contribution in [0, 0.1) is 28.6 Å². The van der Waals surface area contributed by atoms with E-state index in [1.807, 2.05) is 0 Å². The van der Waals surface area contributed by atoms with Crippen LogP contribution in [0.15, 0.2) is 23.3 Å². The van der Waals surface area contributed by atoms with E-state index in [1.165, 1.54) is 5.57 Å². The van der Waals surface area contributed by atoms with Gasteiger partial charge in [-0.05, 0) is 80.1 Å². The summed E-state index contributed by atoms with van der Waals surface area (Å²) >= 11 is 0. The minimum Gasteiger partial charge on any atom is -0.458 e. The van der Waals surface area contributed by atoms with Crippen LogP contribution in [-0.4, -0.2) is 34.5 Å². The van der Waals surface area contributed by atoms with Crippen molar-refractivity contribution in [2.45, 2.75) is 76.9 Å². The molecule has 0 spiro atoms. The Hall–Kier alpha value is -1.13. The fraction of sp³-hybridized carbons (Fsp3) is 0.783. The highest BCUT2D eigenvalue weighted by molar-refractivity contribution is 5.85. The smallest absolute Gasteiger partial charge is 0.331 e. The molecule has 0 saturated heterocycles. The number of fused-ring (bicyclic) bond motifs is 5. The molecule has 7 unspecified atom stereocenters. The Morgan fingerprint density at radius 3 is 2.67 bits per heavy atom. The third kappa shape index (κ3) is 2.26. The lowest BCUT2D eigenvalue weighted by Crippen LogP contribution is -2.60. The fourth-order valence-corrected chi connectivity index (χ4v) is 7.79. The molecular weight excluding hydrogens is 340 g/mol. The third-order valence-corrected chi connectivity index (χ3v) is 9.40. The number of carbonyl (C=O) groups excluding carboxylic acids is 1. The highest BCUT2D eigenvalue weighted by Gasteiger charge is 2.66. The average molecular weight is 373 g/mol. The summed E-state index contributed by atoms with van der Waals surface area (Å²) in [5.41, 5.74) is 1.80. The first kappa shape index (κ1) is 17.9. The monoisotopic (exact) mass is 372 g/mol. The van der Waals surface area contributed by atoms with E-state index in [4.69, 9.17) is 4.74 Å². The first-order valence-electron chi connectivity index (χ1n) is 10.8. The van der Waals surface area contributed by atoms with E-state index in [9.17, 15) is 15.0 Å². The topological polar surface area (TPSA) is 66.8 Å². The molecule has 1 aliphatic heterocycles. The molecule has 4 nitrogen and oxygen atoms in total. The molecule has 4 aliphatic carbocycles. The van der Waals surface area contributed by atoms with Crippen molar-refractivity contribution in [3.63, 3.8) is 0 Å². The molecule has 0 aromatic carbocycles. The molecule has 5 aliphatic rings. The van der Waals surface area contributed by atoms with Crippen LogP contribution in [0.2, 0.25) is 0 Å². The number of hydrogen-bond donors (Lipinski definition) is 2. The molecule has 0 amide bonds. The molecule has 27 heavy (non-hydrogen) atoms. The van der Waals surface area contributed by atoms with Crippen molar-refractivity contribution >= 4 is 5.97 Å². The maximum atomic E-state index is 12.1. The second kappa shape index (κ2) is 5.70. The largest absolute Gasteiger partial charge is 0.458 e. The van der Waals surface area contributed by atoms with Crippen LogP contribution in [0.3, 0.4) is 0 Å². The van der Waals surface area contributed by atoms with Gasteiger partial charge >= 0.3 is 5.97 Å². The highest BCUT2D eigenvalue weighted by atomic mass is 16.5. The predicted molar refractivity (Wildman–Crippen MR) is 102 cm³/mol. The van der Waals surface area contributed by atoms with Crippen molar-refractivity contribution in [3.05, 3.63) is 23.3 Å². The van der Waals surface area contributed by atoms with Gasteiger partial charge in [-0.3, -0.25) is 0 Å². The summed E-state index contributed by atoms with van der Waals surface area (Å²) in [6.07, 6.45) is 11.4. The van der Waals surface area contributed by atoms with Gasteiger partial charge < -0.3 is 14.9 Å². The Kier molecular flexibility index (Phi) is 3.78. The Labute approximate surface area is 161 Å². The average Bonchev–Trinajstić information content (AvgIpc) is 3.16. The van der Waals surface area contributed by atoms with E-state index < -0.39 is 5.60 Å². The zero-order valence-electron chi connectivity index (χ0n) is 16.5. The molecule has 7 atom stereocenters. The molecule has 5 rings (SSSR count). The summed E-state index contributed by atoms with van der Waals surface area (Å²) in [5, 5.41) is 22.2. The minimum atomic E-state index is -0.672. The number of ether oxygens (including phenoxy) is 1. The normalized spacial score (nSPS) is 51.6. The number of allylic oxidation sites excluding steroid dienone is 1. The number of aliphatic hydroxyl groups excluding tert-OH is 1. The molecule has 0 aromatic heterocycles. The van der Waals surface area contributed by atoms with Gasteiger partial charge in [0, 0.05) is 11.5 Å². The van der Waals surface area contributed by atoms with Crippen molar-refractivity contribution in [2.75, 3.05) is 6.61 Å². The zero-order valence-corrected chi connectivity index (χ0v) is 16.5. The fourth-order valence-electron chi connectivity index (χ4n) is 7.79. The summed E-state index contributed by atoms with van der Waals surface area (Å²) in [7, 11) is 0. The second-order valence-corrected chi connectivity index (χ2v) is 10.3. The molecule has 4 heteroatoms. The number of cyclic esters (lactones) is 1. The van der Waals surface area contributed by atoms with Gasteiger partial charge in [0.2, 0.25) is 0 Å². The van der Waals surface area contributed by atoms with E-state index >= 15 is 0 Å². The van der Waals surface area contributed by atoms with Crippen molar-refractivity contribution in [2.24, 2.45) is 28.6 Å². The van der Waals surface area contributed by atoms with Crippen molar-refractivity contribution in [3.8, 4) is 0 Å². The van der Waals surface area contributed by atoms with Gasteiger partial charge in [-0.1, -0.05) is 25.5 Å². The van der Waals surface area contributed by atoms with E-state index in [0.29, 0.717) is 12.5 Å². The quantitative estimate of drug-likeness (QED) is 0.546. The summed E-state index contributed by atoms with van der Waals surface area (Å²) in [5.74, 6) is 0.804. The number of esters is 1. The third-order valence-electron chi connectivity index (χ3n) is 9.40. The molecule has 3 fully saturated rings. The first-order chi connectivity index (χ1) is 12.8. The maximum Gasteiger partial charge on any atom is 0.331 e. The summed E-state index contributed by atoms with van der Waals surface area (Å²) < 4.78 is 5.19. The first-order valence-corrected chi connectivity index (χ1v) is 10.8. The van der Waals surface area contributed by atoms with Crippen molar-refractivity contribution < 1.29 is 19.7 Å². The van der Waals surface area contributed by atoms with E-state index in [-0.39, 0.29) is 34.7 Å². The minimum absolute atomic E-state index is 0.128. The van der Waals surface area contributed by atoms with Gasteiger partial charge in [0.25, 0.3) is 0 Å². The molecule has 148 valence electrons. The lowest BCUT2D eigenvalue weighted by Gasteiger charge is -2.61. The van der Waals surface area contributed by atoms with Crippen LogP contribution in [0.4, 0.5) is 0 Å². The molecule has 0 bridgehead atoms. The Morgan fingerprint density at radius 2 is 1.93 bits per heavy atom. The molecule has 0 aromatic rings. The van der Waals surface area contributed by atoms with Gasteiger partial charge in [0.15, 0.2) is 0 Å². The van der Waals surface area contributed by atoms with Gasteiger partial charge in [0.1, 0.15) is 6.61 Å². The van der Waals surface area contributed by atoms with Gasteiger partial charge in [-0.25, -0.2) is 4.79 Å². The second-order valence-electron chi connectivity index (χ2n) is 10.3. The Balaban J connectivity index is 1.50. The van der Waals surface area contributed by atoms with Crippen LogP contribution in [-0.2, 0) is 9.53 Å². The van der Waals surface area contributed by atoms with Crippen molar-refractivity contribution in [1.29, 1.82) is 0 Å². The standard InChI is InChI=1S/C23H32O4/c1-21-8-5-16(24)12-15(21)3-4-19-18(21)6-9-22(2)17(7-10-23(19,22)26)14-11-20(25)27-13-14/h3,11,16-19,24,26H,4-10,12-13H2,1-2H3.